The van der Waals surface area contributed by atoms with Crippen LogP contribution in [0, 0.1) is 11.3 Å². The fourth-order valence-corrected chi connectivity index (χ4v) is 11.8. The Balaban J connectivity index is 1.49. The predicted molar refractivity (Wildman–Crippen MR) is 150 cm³/mol. The number of ketones is 1. The highest BCUT2D eigenvalue weighted by atomic mass is 79.9. The van der Waals surface area contributed by atoms with Gasteiger partial charge in [-0.05, 0) is 64.7 Å². The third-order valence-corrected chi connectivity index (χ3v) is 13.9. The quantitative estimate of drug-likeness (QED) is 0.331. The van der Waals surface area contributed by atoms with E-state index in [2.05, 4.69) is 116 Å². The maximum Gasteiger partial charge on any atom is 0.261 e. The smallest absolute Gasteiger partial charge is 0.261 e. The first kappa shape index (κ1) is 24.7. The number of fused-ring (bicyclic) bond motifs is 1. The van der Waals surface area contributed by atoms with Crippen LogP contribution in [0.1, 0.15) is 62.9 Å². The minimum absolute atomic E-state index is 0.0454. The van der Waals surface area contributed by atoms with Gasteiger partial charge in [-0.2, -0.15) is 0 Å². The number of halogens is 1. The van der Waals surface area contributed by atoms with E-state index < -0.39 is 8.32 Å². The van der Waals surface area contributed by atoms with Gasteiger partial charge in [0.1, 0.15) is 0 Å². The van der Waals surface area contributed by atoms with Gasteiger partial charge < -0.3 is 4.43 Å². The fraction of sp³-hybridized carbons (Fsp3) is 0.387. The second-order valence-electron chi connectivity index (χ2n) is 11.6. The Morgan fingerprint density at radius 3 is 2.09 bits per heavy atom. The Hall–Kier alpha value is -2.01. The van der Waals surface area contributed by atoms with Crippen LogP contribution in [-0.4, -0.2) is 20.2 Å². The number of Topliss-reactive ketones (excluding diaryl/α,β-unsaturated/α-hetero) is 1. The van der Waals surface area contributed by atoms with Crippen molar-refractivity contribution in [3.63, 3.8) is 0 Å². The fourth-order valence-electron chi connectivity index (χ4n) is 6.66. The number of carbonyl (C=O) groups excluding carboxylic acids is 1. The summed E-state index contributed by atoms with van der Waals surface area (Å²) < 4.78 is 8.47. The van der Waals surface area contributed by atoms with Crippen LogP contribution in [0.2, 0.25) is 5.04 Å². The van der Waals surface area contributed by atoms with Gasteiger partial charge in [-0.1, -0.05) is 110 Å². The van der Waals surface area contributed by atoms with Crippen molar-refractivity contribution in [3.8, 4) is 0 Å². The van der Waals surface area contributed by atoms with E-state index in [9.17, 15) is 4.79 Å². The molecule has 0 aliphatic heterocycles. The van der Waals surface area contributed by atoms with Crippen molar-refractivity contribution in [1.82, 2.24) is 0 Å². The molecule has 2 aliphatic rings. The van der Waals surface area contributed by atoms with Crippen molar-refractivity contribution < 1.29 is 9.22 Å². The van der Waals surface area contributed by atoms with Crippen molar-refractivity contribution in [2.45, 2.75) is 64.5 Å². The first-order valence-electron chi connectivity index (χ1n) is 12.8. The van der Waals surface area contributed by atoms with Gasteiger partial charge in [0, 0.05) is 21.6 Å². The lowest BCUT2D eigenvalue weighted by atomic mass is 9.67. The molecule has 0 amide bonds. The molecule has 0 saturated heterocycles. The summed E-state index contributed by atoms with van der Waals surface area (Å²) in [6.45, 7) is 9.31. The van der Waals surface area contributed by atoms with Crippen LogP contribution >= 0.6 is 15.9 Å². The van der Waals surface area contributed by atoms with Crippen molar-refractivity contribution in [3.05, 3.63) is 94.5 Å². The summed E-state index contributed by atoms with van der Waals surface area (Å²) in [5.74, 6) is 0.650. The van der Waals surface area contributed by atoms with E-state index >= 15 is 0 Å². The van der Waals surface area contributed by atoms with Crippen molar-refractivity contribution in [1.29, 1.82) is 0 Å². The first-order valence-corrected chi connectivity index (χ1v) is 15.5. The van der Waals surface area contributed by atoms with Gasteiger partial charge in [0.25, 0.3) is 8.32 Å². The Morgan fingerprint density at radius 2 is 1.54 bits per heavy atom. The average Bonchev–Trinajstić information content (AvgIpc) is 3.09. The van der Waals surface area contributed by atoms with Gasteiger partial charge >= 0.3 is 0 Å². The van der Waals surface area contributed by atoms with Gasteiger partial charge in [-0.15, -0.1) is 0 Å². The van der Waals surface area contributed by atoms with E-state index in [0.29, 0.717) is 11.7 Å². The zero-order chi connectivity index (χ0) is 24.8. The number of hydrogen-bond donors (Lipinski definition) is 0. The monoisotopic (exact) mass is 546 g/mol. The molecule has 0 heterocycles. The number of carbonyl (C=O) groups is 1. The van der Waals surface area contributed by atoms with Gasteiger partial charge in [0.2, 0.25) is 0 Å². The Kier molecular flexibility index (Phi) is 6.44. The van der Waals surface area contributed by atoms with Crippen LogP contribution < -0.4 is 10.4 Å². The molecular weight excluding hydrogens is 512 g/mol. The van der Waals surface area contributed by atoms with Crippen LogP contribution in [0.3, 0.4) is 0 Å². The topological polar surface area (TPSA) is 26.3 Å². The molecule has 2 aliphatic carbocycles. The third kappa shape index (κ3) is 4.18. The molecule has 3 atom stereocenters. The number of rotatable bonds is 4. The van der Waals surface area contributed by atoms with Crippen LogP contribution in [0.5, 0.6) is 0 Å². The first-order chi connectivity index (χ1) is 16.7. The van der Waals surface area contributed by atoms with E-state index in [1.807, 2.05) is 6.07 Å². The van der Waals surface area contributed by atoms with E-state index in [1.54, 1.807) is 0 Å². The zero-order valence-corrected chi connectivity index (χ0v) is 23.8. The minimum atomic E-state index is -2.61. The molecule has 5 rings (SSSR count). The maximum atomic E-state index is 13.6. The molecule has 35 heavy (non-hydrogen) atoms. The van der Waals surface area contributed by atoms with Crippen molar-refractivity contribution in [2.75, 3.05) is 0 Å². The van der Waals surface area contributed by atoms with Crippen LogP contribution in [0.25, 0.3) is 0 Å². The summed E-state index contributed by atoms with van der Waals surface area (Å²) in [4.78, 5) is 13.6. The molecule has 0 unspecified atom stereocenters. The standard InChI is InChI=1S/C31H35BrO2Si/c1-22-20-31(21-23-15-16-24(32)19-27(23)29(31)33)18-17-28(22)34-35(30(2,3)4,25-11-7-5-8-12-25)26-13-9-6-10-14-26/h5-16,19,22,28H,17-18,20-21H2,1-4H3/t22-,28-,31-/m0/s1. The molecule has 3 aromatic rings. The largest absolute Gasteiger partial charge is 0.404 e. The molecule has 2 nitrogen and oxygen atoms in total. The zero-order valence-electron chi connectivity index (χ0n) is 21.2. The van der Waals surface area contributed by atoms with E-state index in [-0.39, 0.29) is 16.6 Å². The Labute approximate surface area is 219 Å². The van der Waals surface area contributed by atoms with Crippen LogP contribution in [0.15, 0.2) is 83.3 Å². The number of benzene rings is 3. The summed E-state index contributed by atoms with van der Waals surface area (Å²) in [5.41, 5.74) is 1.85. The highest BCUT2D eigenvalue weighted by Crippen LogP contribution is 2.51. The molecule has 3 aromatic carbocycles. The lowest BCUT2D eigenvalue weighted by Crippen LogP contribution is -2.68. The summed E-state index contributed by atoms with van der Waals surface area (Å²) >= 11 is 3.55. The summed E-state index contributed by atoms with van der Waals surface area (Å²) in [6.07, 6.45) is 3.71. The highest BCUT2D eigenvalue weighted by molar-refractivity contribution is 9.10. The molecule has 0 radical (unpaired) electrons. The van der Waals surface area contributed by atoms with E-state index in [0.717, 1.165) is 35.7 Å². The highest BCUT2D eigenvalue weighted by Gasteiger charge is 2.55. The van der Waals surface area contributed by atoms with E-state index in [1.165, 1.54) is 15.9 Å². The van der Waals surface area contributed by atoms with Gasteiger partial charge in [0.15, 0.2) is 5.78 Å². The normalized spacial score (nSPS) is 24.5. The van der Waals surface area contributed by atoms with E-state index in [4.69, 9.17) is 4.43 Å². The second-order valence-corrected chi connectivity index (χ2v) is 16.8. The molecule has 0 bridgehead atoms. The second kappa shape index (κ2) is 9.13. The van der Waals surface area contributed by atoms with Crippen molar-refractivity contribution >= 4 is 40.4 Å². The van der Waals surface area contributed by atoms with Gasteiger partial charge in [-0.25, -0.2) is 0 Å². The molecule has 0 N–H and O–H groups in total. The van der Waals surface area contributed by atoms with Gasteiger partial charge in [-0.3, -0.25) is 4.79 Å². The molecular formula is C31H35BrO2Si. The Bertz CT molecular complexity index is 1180. The third-order valence-electron chi connectivity index (χ3n) is 8.33. The molecule has 182 valence electrons. The van der Waals surface area contributed by atoms with Crippen LogP contribution in [-0.2, 0) is 10.8 Å². The molecule has 1 fully saturated rings. The SMILES string of the molecule is C[C@H]1C[C@@]2(CC[C@@H]1O[Si](c1ccccc1)(c1ccccc1)C(C)(C)C)Cc1ccc(Br)cc1C2=O. The number of hydrogen-bond acceptors (Lipinski definition) is 2. The summed E-state index contributed by atoms with van der Waals surface area (Å²) in [6, 6.07) is 28.0. The lowest BCUT2D eigenvalue weighted by molar-refractivity contribution is 0.0281. The predicted octanol–water partition coefficient (Wildman–Crippen LogP) is 6.94. The Morgan fingerprint density at radius 1 is 0.943 bits per heavy atom. The summed E-state index contributed by atoms with van der Waals surface area (Å²) in [5, 5.41) is 2.59. The maximum absolute atomic E-state index is 13.6. The average molecular weight is 548 g/mol. The van der Waals surface area contributed by atoms with Crippen LogP contribution in [0.4, 0.5) is 0 Å². The summed E-state index contributed by atoms with van der Waals surface area (Å²) in [7, 11) is -2.61. The molecule has 1 saturated carbocycles. The lowest BCUT2D eigenvalue weighted by Gasteiger charge is -2.49. The van der Waals surface area contributed by atoms with Crippen molar-refractivity contribution in [2.24, 2.45) is 11.3 Å². The minimum Gasteiger partial charge on any atom is -0.404 e. The molecule has 4 heteroatoms. The molecule has 1 spiro atoms. The van der Waals surface area contributed by atoms with Gasteiger partial charge in [0.05, 0.1) is 0 Å². The molecule has 0 aromatic heterocycles.